The number of carbonyl (C=O) groups is 2. The first kappa shape index (κ1) is 25.4. The first-order valence-electron chi connectivity index (χ1n) is 9.56. The zero-order valence-corrected chi connectivity index (χ0v) is 18.0. The Morgan fingerprint density at radius 3 is 2.09 bits per heavy atom. The molecule has 6 nitrogen and oxygen atoms in total. The molecule has 0 amide bonds. The van der Waals surface area contributed by atoms with Crippen molar-refractivity contribution in [3.8, 4) is 11.5 Å². The van der Waals surface area contributed by atoms with Gasteiger partial charge in [-0.2, -0.15) is 13.2 Å². The first-order chi connectivity index (χ1) is 16.5. The molecule has 0 spiro atoms. The molecular weight excluding hydrogens is 484 g/mol. The van der Waals surface area contributed by atoms with E-state index in [-0.39, 0.29) is 23.4 Å². The fourth-order valence-corrected chi connectivity index (χ4v) is 3.05. The van der Waals surface area contributed by atoms with Crippen molar-refractivity contribution >= 4 is 17.6 Å². The van der Waals surface area contributed by atoms with Gasteiger partial charge in [-0.15, -0.1) is 0 Å². The van der Waals surface area contributed by atoms with E-state index in [9.17, 15) is 35.9 Å². The second-order valence-corrected chi connectivity index (χ2v) is 6.80. The van der Waals surface area contributed by atoms with Gasteiger partial charge in [0, 0.05) is 12.3 Å². The lowest BCUT2D eigenvalue weighted by Gasteiger charge is -2.25. The number of allylic oxidation sites excluding steroid dienone is 2. The van der Waals surface area contributed by atoms with Gasteiger partial charge in [0.2, 0.25) is 0 Å². The Labute approximate surface area is 194 Å². The number of nitrogens with zero attached hydrogens (tertiary/aromatic N) is 1. The number of hydrogen-bond acceptors (Lipinski definition) is 6. The monoisotopic (exact) mass is 499 g/mol. The first-order valence-corrected chi connectivity index (χ1v) is 9.56. The molecule has 12 heteroatoms. The van der Waals surface area contributed by atoms with Crippen molar-refractivity contribution in [1.82, 2.24) is 0 Å². The number of rotatable bonds is 5. The predicted octanol–water partition coefficient (Wildman–Crippen LogP) is 5.41. The van der Waals surface area contributed by atoms with Gasteiger partial charge in [0.15, 0.2) is 23.1 Å². The van der Waals surface area contributed by atoms with Crippen LogP contribution in [0.15, 0.2) is 66.0 Å². The van der Waals surface area contributed by atoms with Gasteiger partial charge in [0.05, 0.1) is 31.0 Å². The molecule has 0 radical (unpaired) electrons. The number of ether oxygens (including phenoxy) is 3. The van der Waals surface area contributed by atoms with Crippen molar-refractivity contribution in [2.24, 2.45) is 0 Å². The predicted molar refractivity (Wildman–Crippen MR) is 110 cm³/mol. The zero-order chi connectivity index (χ0) is 25.9. The van der Waals surface area contributed by atoms with Crippen LogP contribution in [0.4, 0.5) is 32.0 Å². The van der Waals surface area contributed by atoms with E-state index in [0.717, 1.165) is 31.3 Å². The fraction of sp³-hybridized carbons (Fsp3) is 0.130. The summed E-state index contributed by atoms with van der Waals surface area (Å²) in [6.07, 6.45) is 0.171. The molecule has 0 saturated heterocycles. The topological polar surface area (TPSA) is 65.1 Å². The van der Waals surface area contributed by atoms with Gasteiger partial charge in [0.1, 0.15) is 11.5 Å². The molecule has 184 valence electrons. The van der Waals surface area contributed by atoms with E-state index in [2.05, 4.69) is 4.74 Å². The summed E-state index contributed by atoms with van der Waals surface area (Å²) in [6, 6.07) is 2.69. The van der Waals surface area contributed by atoms with Crippen LogP contribution >= 0.6 is 0 Å². The minimum atomic E-state index is -5.03. The van der Waals surface area contributed by atoms with Gasteiger partial charge in [-0.05, 0) is 36.4 Å². The SMILES string of the molecule is COC(=O)C1=C(C(=O)OC)N(c2ccc(F)cc2Oc2c(F)cc(C(F)(F)F)cc2F)C=CC=C1. The number of alkyl halides is 3. The van der Waals surface area contributed by atoms with Crippen LogP contribution in [0.1, 0.15) is 5.56 Å². The number of hydrogen-bond donors (Lipinski definition) is 0. The number of anilines is 1. The third-order valence-corrected chi connectivity index (χ3v) is 4.61. The highest BCUT2D eigenvalue weighted by molar-refractivity contribution is 6.05. The Kier molecular flexibility index (Phi) is 7.22. The Morgan fingerprint density at radius 1 is 0.886 bits per heavy atom. The van der Waals surface area contributed by atoms with Gasteiger partial charge in [-0.3, -0.25) is 0 Å². The maximum atomic E-state index is 14.4. The summed E-state index contributed by atoms with van der Waals surface area (Å²) in [6.45, 7) is 0. The van der Waals surface area contributed by atoms with Gasteiger partial charge in [-0.25, -0.2) is 22.8 Å². The molecule has 0 atom stereocenters. The summed E-state index contributed by atoms with van der Waals surface area (Å²) >= 11 is 0. The molecule has 1 aliphatic rings. The van der Waals surface area contributed by atoms with E-state index >= 15 is 0 Å². The van der Waals surface area contributed by atoms with Gasteiger partial charge < -0.3 is 19.1 Å². The van der Waals surface area contributed by atoms with Crippen LogP contribution in [0.2, 0.25) is 0 Å². The van der Waals surface area contributed by atoms with Crippen LogP contribution in [-0.2, 0) is 25.2 Å². The third kappa shape index (κ3) is 5.31. The Morgan fingerprint density at radius 2 is 1.51 bits per heavy atom. The summed E-state index contributed by atoms with van der Waals surface area (Å²) in [5.74, 6) is -8.19. The van der Waals surface area contributed by atoms with E-state index in [1.165, 1.54) is 24.4 Å². The minimum Gasteiger partial charge on any atom is -0.465 e. The number of methoxy groups -OCH3 is 2. The van der Waals surface area contributed by atoms with Crippen molar-refractivity contribution in [2.75, 3.05) is 19.1 Å². The number of benzene rings is 2. The summed E-state index contributed by atoms with van der Waals surface area (Å²) in [5, 5.41) is 0. The normalized spacial score (nSPS) is 13.5. The summed E-state index contributed by atoms with van der Waals surface area (Å²) in [5.41, 5.74) is -2.52. The maximum absolute atomic E-state index is 14.4. The Balaban J connectivity index is 2.19. The average Bonchev–Trinajstić information content (AvgIpc) is 3.02. The lowest BCUT2D eigenvalue weighted by molar-refractivity contribution is -0.139. The summed E-state index contributed by atoms with van der Waals surface area (Å²) < 4.78 is 96.0. The van der Waals surface area contributed by atoms with Crippen LogP contribution in [0, 0.1) is 17.5 Å². The molecule has 1 heterocycles. The summed E-state index contributed by atoms with van der Waals surface area (Å²) in [4.78, 5) is 25.9. The standard InChI is InChI=1S/C23H15F6NO5/c1-33-21(31)14-5-3-4-8-30(19(14)22(32)34-2)17-7-6-13(24)11-18(17)35-20-15(25)9-12(10-16(20)26)23(27,28)29/h3-11H,1-2H3. The van der Waals surface area contributed by atoms with Crippen molar-refractivity contribution in [2.45, 2.75) is 6.18 Å². The van der Waals surface area contributed by atoms with E-state index in [1.807, 2.05) is 0 Å². The fourth-order valence-electron chi connectivity index (χ4n) is 3.05. The molecule has 0 unspecified atom stereocenters. The minimum absolute atomic E-state index is 0.0162. The van der Waals surface area contributed by atoms with Crippen molar-refractivity contribution in [3.63, 3.8) is 0 Å². The average molecular weight is 499 g/mol. The molecular formula is C23H15F6NO5. The molecule has 2 aromatic rings. The number of halogens is 6. The maximum Gasteiger partial charge on any atom is 0.416 e. The second kappa shape index (κ2) is 9.95. The molecule has 0 fully saturated rings. The number of carbonyl (C=O) groups excluding carboxylic acids is 2. The lowest BCUT2D eigenvalue weighted by Crippen LogP contribution is -2.27. The van der Waals surface area contributed by atoms with Gasteiger partial charge in [0.25, 0.3) is 0 Å². The van der Waals surface area contributed by atoms with E-state index in [4.69, 9.17) is 9.47 Å². The molecule has 0 N–H and O–H groups in total. The summed E-state index contributed by atoms with van der Waals surface area (Å²) in [7, 11) is 2.08. The van der Waals surface area contributed by atoms with Crippen LogP contribution in [-0.4, -0.2) is 26.2 Å². The largest absolute Gasteiger partial charge is 0.465 e. The van der Waals surface area contributed by atoms with E-state index in [0.29, 0.717) is 6.07 Å². The smallest absolute Gasteiger partial charge is 0.416 e. The zero-order valence-electron chi connectivity index (χ0n) is 18.0. The molecule has 0 aliphatic carbocycles. The van der Waals surface area contributed by atoms with Crippen molar-refractivity contribution < 1.29 is 50.1 Å². The van der Waals surface area contributed by atoms with Gasteiger partial charge in [-0.1, -0.05) is 6.08 Å². The van der Waals surface area contributed by atoms with Crippen LogP contribution < -0.4 is 9.64 Å². The highest BCUT2D eigenvalue weighted by Crippen LogP contribution is 2.40. The highest BCUT2D eigenvalue weighted by atomic mass is 19.4. The van der Waals surface area contributed by atoms with E-state index in [1.54, 1.807) is 0 Å². The number of esters is 2. The molecule has 2 aromatic carbocycles. The van der Waals surface area contributed by atoms with Gasteiger partial charge >= 0.3 is 18.1 Å². The third-order valence-electron chi connectivity index (χ3n) is 4.61. The molecule has 0 aromatic heterocycles. The van der Waals surface area contributed by atoms with Crippen molar-refractivity contribution in [1.29, 1.82) is 0 Å². The molecule has 1 aliphatic heterocycles. The van der Waals surface area contributed by atoms with Crippen LogP contribution in [0.5, 0.6) is 11.5 Å². The van der Waals surface area contributed by atoms with Crippen LogP contribution in [0.3, 0.4) is 0 Å². The van der Waals surface area contributed by atoms with E-state index < -0.39 is 58.3 Å². The highest BCUT2D eigenvalue weighted by Gasteiger charge is 2.34. The second-order valence-electron chi connectivity index (χ2n) is 6.80. The Bertz CT molecular complexity index is 1240. The van der Waals surface area contributed by atoms with Crippen LogP contribution in [0.25, 0.3) is 0 Å². The molecule has 0 bridgehead atoms. The quantitative estimate of drug-likeness (QED) is 0.405. The molecule has 0 saturated carbocycles. The molecule has 35 heavy (non-hydrogen) atoms. The lowest BCUT2D eigenvalue weighted by atomic mass is 10.1. The Hall–Kier alpha value is -4.22. The van der Waals surface area contributed by atoms with Crippen molar-refractivity contribution in [3.05, 3.63) is 89.0 Å². The molecule has 3 rings (SSSR count).